The van der Waals surface area contributed by atoms with Gasteiger partial charge in [-0.3, -0.25) is 4.79 Å². The lowest BCUT2D eigenvalue weighted by Gasteiger charge is -2.39. The lowest BCUT2D eigenvalue weighted by Crippen LogP contribution is -2.55. The number of alkyl halides is 3. The lowest BCUT2D eigenvalue weighted by molar-refractivity contribution is -0.186. The van der Waals surface area contributed by atoms with Crippen molar-refractivity contribution >= 4 is 11.6 Å². The van der Waals surface area contributed by atoms with Crippen LogP contribution in [0.25, 0.3) is 0 Å². The van der Waals surface area contributed by atoms with Crippen LogP contribution in [-0.2, 0) is 23.2 Å². The number of para-hydroxylation sites is 1. The average molecular weight is 465 g/mol. The number of aryl methyl sites for hydroxylation is 2. The Bertz CT molecular complexity index is 1240. The van der Waals surface area contributed by atoms with Crippen LogP contribution in [-0.4, -0.2) is 29.7 Å². The van der Waals surface area contributed by atoms with Gasteiger partial charge < -0.3 is 9.80 Å². The van der Waals surface area contributed by atoms with E-state index in [9.17, 15) is 18.0 Å². The van der Waals surface area contributed by atoms with E-state index in [1.165, 1.54) is 0 Å². The Morgan fingerprint density at radius 2 is 1.50 bits per heavy atom. The van der Waals surface area contributed by atoms with Crippen LogP contribution in [0.1, 0.15) is 34.2 Å². The number of rotatable bonds is 4. The molecule has 0 bridgehead atoms. The summed E-state index contributed by atoms with van der Waals surface area (Å²) in [4.78, 5) is 15.7. The number of nitrogens with zero attached hydrogens (tertiary/aromatic N) is 2. The summed E-state index contributed by atoms with van der Waals surface area (Å²) in [6.07, 6.45) is -4.57. The van der Waals surface area contributed by atoms with Gasteiger partial charge in [0.1, 0.15) is 6.17 Å². The molecule has 1 fully saturated rings. The summed E-state index contributed by atoms with van der Waals surface area (Å²) in [6, 6.07) is 23.8. The van der Waals surface area contributed by atoms with Crippen LogP contribution in [0.3, 0.4) is 0 Å². The van der Waals surface area contributed by atoms with E-state index in [4.69, 9.17) is 0 Å². The van der Waals surface area contributed by atoms with Crippen LogP contribution in [0.5, 0.6) is 0 Å². The molecule has 2 heterocycles. The van der Waals surface area contributed by atoms with Crippen LogP contribution >= 0.6 is 0 Å². The Balaban J connectivity index is 1.67. The van der Waals surface area contributed by atoms with Crippen molar-refractivity contribution in [2.45, 2.75) is 51.0 Å². The number of hydrogen-bond acceptors (Lipinski definition) is 2. The van der Waals surface area contributed by atoms with E-state index in [-0.39, 0.29) is 6.54 Å². The SMILES string of the molecule is Cc1ccccc1CN1c2ccccc2C2(Cc3ccccc3C)CCN(C(=O)C(F)(F)F)C12. The van der Waals surface area contributed by atoms with E-state index in [1.54, 1.807) is 0 Å². The Morgan fingerprint density at radius 1 is 0.912 bits per heavy atom. The van der Waals surface area contributed by atoms with Gasteiger partial charge in [-0.15, -0.1) is 0 Å². The minimum atomic E-state index is -4.91. The molecule has 0 spiro atoms. The minimum Gasteiger partial charge on any atom is -0.346 e. The zero-order valence-corrected chi connectivity index (χ0v) is 19.3. The molecule has 0 aromatic heterocycles. The number of hydrogen-bond donors (Lipinski definition) is 0. The first-order valence-corrected chi connectivity index (χ1v) is 11.6. The third-order valence-corrected chi connectivity index (χ3v) is 7.51. The number of halogens is 3. The van der Waals surface area contributed by atoms with Crippen molar-refractivity contribution in [2.24, 2.45) is 0 Å². The number of amides is 1. The topological polar surface area (TPSA) is 23.6 Å². The molecule has 176 valence electrons. The van der Waals surface area contributed by atoms with Crippen LogP contribution in [0.2, 0.25) is 0 Å². The van der Waals surface area contributed by atoms with E-state index in [2.05, 4.69) is 0 Å². The maximum Gasteiger partial charge on any atom is 0.471 e. The number of anilines is 1. The summed E-state index contributed by atoms with van der Waals surface area (Å²) in [7, 11) is 0. The second-order valence-corrected chi connectivity index (χ2v) is 9.45. The quantitative estimate of drug-likeness (QED) is 0.478. The lowest BCUT2D eigenvalue weighted by atomic mass is 9.73. The van der Waals surface area contributed by atoms with Gasteiger partial charge in [0.25, 0.3) is 0 Å². The van der Waals surface area contributed by atoms with E-state index < -0.39 is 23.7 Å². The number of benzene rings is 3. The molecule has 3 aromatic rings. The maximum atomic E-state index is 13.7. The van der Waals surface area contributed by atoms with Crippen LogP contribution in [0.15, 0.2) is 72.8 Å². The molecule has 5 rings (SSSR count). The van der Waals surface area contributed by atoms with Crippen LogP contribution < -0.4 is 4.90 Å². The van der Waals surface area contributed by atoms with E-state index >= 15 is 0 Å². The predicted octanol–water partition coefficient (Wildman–Crippen LogP) is 5.92. The number of carbonyl (C=O) groups excluding carboxylic acids is 1. The number of carbonyl (C=O) groups is 1. The number of fused-ring (bicyclic) bond motifs is 3. The second-order valence-electron chi connectivity index (χ2n) is 9.45. The second kappa shape index (κ2) is 8.19. The monoisotopic (exact) mass is 464 g/mol. The van der Waals surface area contributed by atoms with Crippen molar-refractivity contribution in [3.63, 3.8) is 0 Å². The first-order valence-electron chi connectivity index (χ1n) is 11.6. The minimum absolute atomic E-state index is 0.0769. The van der Waals surface area contributed by atoms with Crippen molar-refractivity contribution in [1.82, 2.24) is 4.90 Å². The molecular weight excluding hydrogens is 437 g/mol. The molecule has 2 atom stereocenters. The first-order chi connectivity index (χ1) is 16.2. The summed E-state index contributed by atoms with van der Waals surface area (Å²) in [5.41, 5.74) is 5.62. The molecule has 2 aliphatic heterocycles. The molecule has 34 heavy (non-hydrogen) atoms. The zero-order valence-electron chi connectivity index (χ0n) is 19.3. The Morgan fingerprint density at radius 3 is 2.15 bits per heavy atom. The van der Waals surface area contributed by atoms with Gasteiger partial charge in [0, 0.05) is 24.2 Å². The van der Waals surface area contributed by atoms with Gasteiger partial charge in [0.05, 0.1) is 0 Å². The first kappa shape index (κ1) is 22.5. The van der Waals surface area contributed by atoms with E-state index in [0.717, 1.165) is 38.4 Å². The fourth-order valence-electron chi connectivity index (χ4n) is 5.83. The highest BCUT2D eigenvalue weighted by Gasteiger charge is 2.61. The van der Waals surface area contributed by atoms with Crippen LogP contribution in [0.4, 0.5) is 18.9 Å². The summed E-state index contributed by atoms with van der Waals surface area (Å²) in [5, 5.41) is 0. The normalized spacial score (nSPS) is 21.5. The van der Waals surface area contributed by atoms with E-state index in [1.807, 2.05) is 91.5 Å². The van der Waals surface area contributed by atoms with Gasteiger partial charge in [-0.1, -0.05) is 66.7 Å². The molecule has 3 aromatic carbocycles. The van der Waals surface area contributed by atoms with Crippen molar-refractivity contribution in [3.05, 3.63) is 101 Å². The molecular formula is C28H27F3N2O. The predicted molar refractivity (Wildman–Crippen MR) is 127 cm³/mol. The highest BCUT2D eigenvalue weighted by Crippen LogP contribution is 2.55. The smallest absolute Gasteiger partial charge is 0.346 e. The van der Waals surface area contributed by atoms with E-state index in [0.29, 0.717) is 19.4 Å². The highest BCUT2D eigenvalue weighted by atomic mass is 19.4. The largest absolute Gasteiger partial charge is 0.471 e. The fourth-order valence-corrected chi connectivity index (χ4v) is 5.83. The van der Waals surface area contributed by atoms with Crippen molar-refractivity contribution < 1.29 is 18.0 Å². The summed E-state index contributed by atoms with van der Waals surface area (Å²) in [6.45, 7) is 4.55. The summed E-state index contributed by atoms with van der Waals surface area (Å²) in [5.74, 6) is -1.76. The molecule has 2 aliphatic rings. The van der Waals surface area contributed by atoms with Gasteiger partial charge in [-0.05, 0) is 60.6 Å². The molecule has 6 heteroatoms. The molecule has 0 aliphatic carbocycles. The molecule has 1 amide bonds. The van der Waals surface area contributed by atoms with Gasteiger partial charge in [-0.25, -0.2) is 0 Å². The van der Waals surface area contributed by atoms with Gasteiger partial charge in [0.15, 0.2) is 0 Å². The molecule has 3 nitrogen and oxygen atoms in total. The standard InChI is InChI=1S/C28H27F3N2O/c1-19-9-3-5-11-21(19)17-27-15-16-32(26(34)28(29,30)31)25(27)33(24-14-8-7-13-23(24)27)18-22-12-6-4-10-20(22)2/h3-14,25H,15-18H2,1-2H3. The Kier molecular flexibility index (Phi) is 5.42. The average Bonchev–Trinajstić information content (AvgIpc) is 3.30. The maximum absolute atomic E-state index is 13.7. The Labute approximate surface area is 197 Å². The van der Waals surface area contributed by atoms with Gasteiger partial charge in [-0.2, -0.15) is 13.2 Å². The highest BCUT2D eigenvalue weighted by molar-refractivity contribution is 5.84. The van der Waals surface area contributed by atoms with Gasteiger partial charge >= 0.3 is 12.1 Å². The summed E-state index contributed by atoms with van der Waals surface area (Å²) >= 11 is 0. The van der Waals surface area contributed by atoms with Crippen molar-refractivity contribution in [3.8, 4) is 0 Å². The Hall–Kier alpha value is -3.28. The van der Waals surface area contributed by atoms with Crippen molar-refractivity contribution in [2.75, 3.05) is 11.4 Å². The van der Waals surface area contributed by atoms with Crippen LogP contribution in [0, 0.1) is 13.8 Å². The van der Waals surface area contributed by atoms with Gasteiger partial charge in [0.2, 0.25) is 0 Å². The fraction of sp³-hybridized carbons (Fsp3) is 0.321. The molecule has 2 unspecified atom stereocenters. The summed E-state index contributed by atoms with van der Waals surface area (Å²) < 4.78 is 41.1. The molecule has 0 saturated carbocycles. The third-order valence-electron chi connectivity index (χ3n) is 7.51. The van der Waals surface area contributed by atoms with Crippen molar-refractivity contribution in [1.29, 1.82) is 0 Å². The molecule has 0 radical (unpaired) electrons. The number of likely N-dealkylation sites (tertiary alicyclic amines) is 1. The molecule has 1 saturated heterocycles. The zero-order chi connectivity index (χ0) is 24.1. The molecule has 0 N–H and O–H groups in total. The third kappa shape index (κ3) is 3.56.